The zero-order valence-electron chi connectivity index (χ0n) is 10.6. The fourth-order valence-corrected chi connectivity index (χ4v) is 2.05. The lowest BCUT2D eigenvalue weighted by molar-refractivity contribution is 0.0940. The highest BCUT2D eigenvalue weighted by molar-refractivity contribution is 5.94. The van der Waals surface area contributed by atoms with Crippen molar-refractivity contribution >= 4 is 5.91 Å². The fraction of sp³-hybridized carbons (Fsp3) is 0.500. The summed E-state index contributed by atoms with van der Waals surface area (Å²) in [5.41, 5.74) is 1.33. The van der Waals surface area contributed by atoms with Crippen molar-refractivity contribution in [3.8, 4) is 5.75 Å². The van der Waals surface area contributed by atoms with Gasteiger partial charge in [0, 0.05) is 18.7 Å². The van der Waals surface area contributed by atoms with E-state index in [9.17, 15) is 9.90 Å². The zero-order valence-corrected chi connectivity index (χ0v) is 10.6. The topological polar surface area (TPSA) is 69.6 Å². The van der Waals surface area contributed by atoms with Gasteiger partial charge in [-0.2, -0.15) is 0 Å². The predicted molar refractivity (Wildman–Crippen MR) is 68.5 cm³/mol. The SMILES string of the molecule is Cc1ccc(C(=O)NCC2(CCO)CC2)cc1O. The van der Waals surface area contributed by atoms with Crippen molar-refractivity contribution in [2.75, 3.05) is 13.2 Å². The molecule has 0 unspecified atom stereocenters. The second-order valence-corrected chi connectivity index (χ2v) is 5.16. The van der Waals surface area contributed by atoms with Crippen molar-refractivity contribution in [3.63, 3.8) is 0 Å². The molecule has 1 aromatic carbocycles. The zero-order chi connectivity index (χ0) is 13.2. The first-order chi connectivity index (χ1) is 8.56. The van der Waals surface area contributed by atoms with Crippen molar-refractivity contribution in [2.45, 2.75) is 26.2 Å². The van der Waals surface area contributed by atoms with Crippen LogP contribution in [0.3, 0.4) is 0 Å². The molecule has 0 radical (unpaired) electrons. The Labute approximate surface area is 107 Å². The number of aromatic hydroxyl groups is 1. The van der Waals surface area contributed by atoms with E-state index in [0.29, 0.717) is 12.1 Å². The van der Waals surface area contributed by atoms with E-state index in [0.717, 1.165) is 24.8 Å². The van der Waals surface area contributed by atoms with Crippen molar-refractivity contribution in [3.05, 3.63) is 29.3 Å². The molecule has 98 valence electrons. The van der Waals surface area contributed by atoms with Gasteiger partial charge in [0.1, 0.15) is 5.75 Å². The number of carbonyl (C=O) groups is 1. The van der Waals surface area contributed by atoms with E-state index < -0.39 is 0 Å². The minimum atomic E-state index is -0.172. The van der Waals surface area contributed by atoms with Crippen molar-refractivity contribution < 1.29 is 15.0 Å². The second-order valence-electron chi connectivity index (χ2n) is 5.16. The Bertz CT molecular complexity index is 452. The predicted octanol–water partition coefficient (Wildman–Crippen LogP) is 1.59. The van der Waals surface area contributed by atoms with Gasteiger partial charge in [0.2, 0.25) is 0 Å². The Morgan fingerprint density at radius 2 is 2.17 bits per heavy atom. The summed E-state index contributed by atoms with van der Waals surface area (Å²) in [6.07, 6.45) is 2.87. The highest BCUT2D eigenvalue weighted by Gasteiger charge is 2.41. The van der Waals surface area contributed by atoms with E-state index in [1.54, 1.807) is 19.1 Å². The molecule has 0 aromatic heterocycles. The van der Waals surface area contributed by atoms with E-state index in [4.69, 9.17) is 5.11 Å². The van der Waals surface area contributed by atoms with E-state index in [-0.39, 0.29) is 23.7 Å². The molecule has 4 nitrogen and oxygen atoms in total. The van der Waals surface area contributed by atoms with Crippen LogP contribution in [0.15, 0.2) is 18.2 Å². The molecule has 0 saturated heterocycles. The van der Waals surface area contributed by atoms with Crippen LogP contribution in [0.4, 0.5) is 0 Å². The van der Waals surface area contributed by atoms with E-state index >= 15 is 0 Å². The summed E-state index contributed by atoms with van der Waals surface area (Å²) >= 11 is 0. The van der Waals surface area contributed by atoms with Crippen LogP contribution in [-0.4, -0.2) is 29.3 Å². The van der Waals surface area contributed by atoms with E-state index in [1.807, 2.05) is 0 Å². The first-order valence-corrected chi connectivity index (χ1v) is 6.25. The molecule has 1 amide bonds. The molecule has 1 aliphatic carbocycles. The molecule has 3 N–H and O–H groups in total. The minimum Gasteiger partial charge on any atom is -0.508 e. The quantitative estimate of drug-likeness (QED) is 0.742. The van der Waals surface area contributed by atoms with Gasteiger partial charge in [-0.3, -0.25) is 4.79 Å². The van der Waals surface area contributed by atoms with Crippen LogP contribution in [0.5, 0.6) is 5.75 Å². The number of carbonyl (C=O) groups excluding carboxylic acids is 1. The molecule has 1 saturated carbocycles. The number of hydrogen-bond acceptors (Lipinski definition) is 3. The third-order valence-electron chi connectivity index (χ3n) is 3.69. The van der Waals surface area contributed by atoms with Crippen LogP contribution < -0.4 is 5.32 Å². The standard InChI is InChI=1S/C14H19NO3/c1-10-2-3-11(8-12(10)17)13(18)15-9-14(4-5-14)6-7-16/h2-3,8,16-17H,4-7,9H2,1H3,(H,15,18). The van der Waals surface area contributed by atoms with Gasteiger partial charge in [-0.25, -0.2) is 0 Å². The minimum absolute atomic E-state index is 0.108. The van der Waals surface area contributed by atoms with Crippen molar-refractivity contribution in [1.29, 1.82) is 0 Å². The van der Waals surface area contributed by atoms with Crippen LogP contribution in [0.1, 0.15) is 35.2 Å². The highest BCUT2D eigenvalue weighted by atomic mass is 16.3. The maximum Gasteiger partial charge on any atom is 0.251 e. The van der Waals surface area contributed by atoms with Gasteiger partial charge in [-0.05, 0) is 49.3 Å². The Hall–Kier alpha value is -1.55. The summed E-state index contributed by atoms with van der Waals surface area (Å²) in [6.45, 7) is 2.56. The van der Waals surface area contributed by atoms with Crippen LogP contribution in [0.25, 0.3) is 0 Å². The number of amides is 1. The summed E-state index contributed by atoms with van der Waals surface area (Å²) in [6, 6.07) is 4.91. The van der Waals surface area contributed by atoms with Gasteiger partial charge < -0.3 is 15.5 Å². The maximum absolute atomic E-state index is 11.9. The summed E-state index contributed by atoms with van der Waals surface area (Å²) in [7, 11) is 0. The molecule has 1 aliphatic rings. The molecule has 0 bridgehead atoms. The first kappa shape index (κ1) is 12.9. The van der Waals surface area contributed by atoms with Gasteiger partial charge in [0.15, 0.2) is 0 Å². The number of phenols is 1. The number of rotatable bonds is 5. The summed E-state index contributed by atoms with van der Waals surface area (Å²) in [5, 5.41) is 21.4. The molecular weight excluding hydrogens is 230 g/mol. The number of nitrogens with one attached hydrogen (secondary N) is 1. The number of benzene rings is 1. The van der Waals surface area contributed by atoms with Crippen molar-refractivity contribution in [1.82, 2.24) is 5.32 Å². The Morgan fingerprint density at radius 3 is 2.72 bits per heavy atom. The first-order valence-electron chi connectivity index (χ1n) is 6.25. The lowest BCUT2D eigenvalue weighted by atomic mass is 10.0. The summed E-state index contributed by atoms with van der Waals surface area (Å²) in [4.78, 5) is 11.9. The van der Waals surface area contributed by atoms with Gasteiger partial charge in [-0.15, -0.1) is 0 Å². The molecule has 0 atom stereocenters. The van der Waals surface area contributed by atoms with E-state index in [2.05, 4.69) is 5.32 Å². The van der Waals surface area contributed by atoms with Gasteiger partial charge >= 0.3 is 0 Å². The normalized spacial score (nSPS) is 16.3. The molecule has 0 spiro atoms. The number of aliphatic hydroxyl groups excluding tert-OH is 1. The third kappa shape index (κ3) is 2.82. The third-order valence-corrected chi connectivity index (χ3v) is 3.69. The lowest BCUT2D eigenvalue weighted by Crippen LogP contribution is -2.30. The average molecular weight is 249 g/mol. The molecule has 1 fully saturated rings. The number of aryl methyl sites for hydroxylation is 1. The van der Waals surface area contributed by atoms with Gasteiger partial charge in [0.05, 0.1) is 0 Å². The summed E-state index contributed by atoms with van der Waals surface area (Å²) in [5.74, 6) is -0.0336. The number of aliphatic hydroxyl groups is 1. The largest absolute Gasteiger partial charge is 0.508 e. The molecule has 18 heavy (non-hydrogen) atoms. The van der Waals surface area contributed by atoms with E-state index in [1.165, 1.54) is 6.07 Å². The van der Waals surface area contributed by atoms with Crippen LogP contribution >= 0.6 is 0 Å². The summed E-state index contributed by atoms with van der Waals surface area (Å²) < 4.78 is 0. The average Bonchev–Trinajstić information content (AvgIpc) is 3.11. The Kier molecular flexibility index (Phi) is 3.57. The van der Waals surface area contributed by atoms with Crippen molar-refractivity contribution in [2.24, 2.45) is 5.41 Å². The van der Waals surface area contributed by atoms with Gasteiger partial charge in [-0.1, -0.05) is 6.07 Å². The monoisotopic (exact) mass is 249 g/mol. The number of hydrogen-bond donors (Lipinski definition) is 3. The smallest absolute Gasteiger partial charge is 0.251 e. The molecule has 0 heterocycles. The molecule has 2 rings (SSSR count). The molecule has 0 aliphatic heterocycles. The Balaban J connectivity index is 1.93. The maximum atomic E-state index is 11.9. The Morgan fingerprint density at radius 1 is 1.44 bits per heavy atom. The molecule has 4 heteroatoms. The lowest BCUT2D eigenvalue weighted by Gasteiger charge is -2.14. The highest BCUT2D eigenvalue weighted by Crippen LogP contribution is 2.47. The molecular formula is C14H19NO3. The second kappa shape index (κ2) is 4.98. The number of phenolic OH excluding ortho intramolecular Hbond substituents is 1. The van der Waals surface area contributed by atoms with Crippen LogP contribution in [0, 0.1) is 12.3 Å². The fourth-order valence-electron chi connectivity index (χ4n) is 2.05. The molecule has 1 aromatic rings. The van der Waals surface area contributed by atoms with Gasteiger partial charge in [0.25, 0.3) is 5.91 Å². The van der Waals surface area contributed by atoms with Crippen LogP contribution in [-0.2, 0) is 0 Å². The van der Waals surface area contributed by atoms with Crippen LogP contribution in [0.2, 0.25) is 0 Å².